The van der Waals surface area contributed by atoms with Crippen LogP contribution in [-0.2, 0) is 6.61 Å². The minimum atomic E-state index is -0.224. The molecule has 0 spiro atoms. The fourth-order valence-electron chi connectivity index (χ4n) is 1.58. The van der Waals surface area contributed by atoms with E-state index >= 15 is 0 Å². The van der Waals surface area contributed by atoms with E-state index in [4.69, 9.17) is 4.74 Å². The number of aromatic nitrogens is 1. The lowest BCUT2D eigenvalue weighted by molar-refractivity contribution is 0.300. The first-order valence-electron chi connectivity index (χ1n) is 5.70. The monoisotopic (exact) mass is 246 g/mol. The van der Waals surface area contributed by atoms with Crippen molar-refractivity contribution in [3.05, 3.63) is 53.6 Å². The number of aryl methyl sites for hydroxylation is 1. The van der Waals surface area contributed by atoms with E-state index in [2.05, 4.69) is 10.3 Å². The summed E-state index contributed by atoms with van der Waals surface area (Å²) in [6.45, 7) is 2.07. The van der Waals surface area contributed by atoms with Crippen LogP contribution in [-0.4, -0.2) is 12.0 Å². The Morgan fingerprint density at radius 1 is 1.28 bits per heavy atom. The molecular formula is C14H15FN2O. The number of anilines is 1. The predicted molar refractivity (Wildman–Crippen MR) is 69.3 cm³/mol. The van der Waals surface area contributed by atoms with E-state index in [0.29, 0.717) is 17.9 Å². The van der Waals surface area contributed by atoms with Gasteiger partial charge in [-0.05, 0) is 42.8 Å². The molecule has 0 atom stereocenters. The molecule has 0 aliphatic carbocycles. The summed E-state index contributed by atoms with van der Waals surface area (Å²) in [5, 5.41) is 3.04. The SMILES string of the molecule is CNc1ccnc(COc2ccc(F)c(C)c2)c1. The van der Waals surface area contributed by atoms with E-state index in [0.717, 1.165) is 11.4 Å². The van der Waals surface area contributed by atoms with Gasteiger partial charge in [0.25, 0.3) is 0 Å². The number of hydrogen-bond donors (Lipinski definition) is 1. The highest BCUT2D eigenvalue weighted by atomic mass is 19.1. The highest BCUT2D eigenvalue weighted by Gasteiger charge is 2.01. The van der Waals surface area contributed by atoms with Gasteiger partial charge in [-0.2, -0.15) is 0 Å². The molecule has 0 saturated heterocycles. The van der Waals surface area contributed by atoms with Crippen LogP contribution in [0.4, 0.5) is 10.1 Å². The second-order valence-corrected chi connectivity index (χ2v) is 3.99. The van der Waals surface area contributed by atoms with Crippen LogP contribution in [0.2, 0.25) is 0 Å². The molecule has 0 aliphatic heterocycles. The van der Waals surface area contributed by atoms with Gasteiger partial charge in [0.15, 0.2) is 0 Å². The van der Waals surface area contributed by atoms with Crippen molar-refractivity contribution in [3.63, 3.8) is 0 Å². The van der Waals surface area contributed by atoms with Crippen LogP contribution < -0.4 is 10.1 Å². The number of nitrogens with zero attached hydrogens (tertiary/aromatic N) is 1. The Balaban J connectivity index is 2.04. The first-order chi connectivity index (χ1) is 8.69. The van der Waals surface area contributed by atoms with Gasteiger partial charge in [0, 0.05) is 18.9 Å². The number of pyridine rings is 1. The third-order valence-corrected chi connectivity index (χ3v) is 2.62. The van der Waals surface area contributed by atoms with E-state index in [-0.39, 0.29) is 5.82 Å². The van der Waals surface area contributed by atoms with Crippen LogP contribution in [0.3, 0.4) is 0 Å². The van der Waals surface area contributed by atoms with Crippen molar-refractivity contribution in [1.82, 2.24) is 4.98 Å². The number of rotatable bonds is 4. The quantitative estimate of drug-likeness (QED) is 0.899. The van der Waals surface area contributed by atoms with Crippen molar-refractivity contribution in [2.45, 2.75) is 13.5 Å². The number of benzene rings is 1. The second kappa shape index (κ2) is 5.49. The fraction of sp³-hybridized carbons (Fsp3) is 0.214. The van der Waals surface area contributed by atoms with Crippen LogP contribution in [0.15, 0.2) is 36.5 Å². The maximum absolute atomic E-state index is 13.1. The molecule has 2 rings (SSSR count). The summed E-state index contributed by atoms with van der Waals surface area (Å²) in [4.78, 5) is 4.20. The number of halogens is 1. The number of hydrogen-bond acceptors (Lipinski definition) is 3. The van der Waals surface area contributed by atoms with Gasteiger partial charge in [-0.15, -0.1) is 0 Å². The summed E-state index contributed by atoms with van der Waals surface area (Å²) >= 11 is 0. The number of nitrogens with one attached hydrogen (secondary N) is 1. The van der Waals surface area contributed by atoms with Gasteiger partial charge in [-0.1, -0.05) is 0 Å². The lowest BCUT2D eigenvalue weighted by Crippen LogP contribution is -2.00. The van der Waals surface area contributed by atoms with Gasteiger partial charge in [0.05, 0.1) is 5.69 Å². The highest BCUT2D eigenvalue weighted by Crippen LogP contribution is 2.17. The van der Waals surface area contributed by atoms with Gasteiger partial charge < -0.3 is 10.1 Å². The zero-order valence-electron chi connectivity index (χ0n) is 10.4. The van der Waals surface area contributed by atoms with Gasteiger partial charge >= 0.3 is 0 Å². The van der Waals surface area contributed by atoms with E-state index < -0.39 is 0 Å². The van der Waals surface area contributed by atoms with E-state index in [1.54, 1.807) is 25.3 Å². The Hall–Kier alpha value is -2.10. The average Bonchev–Trinajstić information content (AvgIpc) is 2.40. The molecule has 1 heterocycles. The zero-order valence-corrected chi connectivity index (χ0v) is 10.4. The smallest absolute Gasteiger partial charge is 0.130 e. The Morgan fingerprint density at radius 3 is 2.83 bits per heavy atom. The molecule has 1 aromatic carbocycles. The lowest BCUT2D eigenvalue weighted by atomic mass is 10.2. The standard InChI is InChI=1S/C14H15FN2O/c1-10-7-13(3-4-14(10)15)18-9-12-8-11(16-2)5-6-17-12/h3-8H,9H2,1-2H3,(H,16,17). The Kier molecular flexibility index (Phi) is 3.77. The molecule has 4 heteroatoms. The van der Waals surface area contributed by atoms with Gasteiger partial charge in [0.1, 0.15) is 18.2 Å². The first-order valence-corrected chi connectivity index (χ1v) is 5.70. The van der Waals surface area contributed by atoms with E-state index in [1.807, 2.05) is 19.2 Å². The second-order valence-electron chi connectivity index (χ2n) is 3.99. The van der Waals surface area contributed by atoms with E-state index in [1.165, 1.54) is 6.07 Å². The van der Waals surface area contributed by atoms with Gasteiger partial charge in [-0.25, -0.2) is 4.39 Å². The van der Waals surface area contributed by atoms with Crippen LogP contribution in [0.5, 0.6) is 5.75 Å². The molecule has 0 radical (unpaired) electrons. The van der Waals surface area contributed by atoms with Crippen molar-refractivity contribution in [1.29, 1.82) is 0 Å². The van der Waals surface area contributed by atoms with Crippen LogP contribution in [0.25, 0.3) is 0 Å². The Bertz CT molecular complexity index is 543. The van der Waals surface area contributed by atoms with Gasteiger partial charge in [-0.3, -0.25) is 4.98 Å². The third kappa shape index (κ3) is 2.97. The summed E-state index contributed by atoms with van der Waals surface area (Å²) in [6.07, 6.45) is 1.72. The molecule has 2 aromatic rings. The number of ether oxygens (including phenoxy) is 1. The average molecular weight is 246 g/mol. The minimum Gasteiger partial charge on any atom is -0.487 e. The van der Waals surface area contributed by atoms with Crippen molar-refractivity contribution < 1.29 is 9.13 Å². The molecule has 1 aromatic heterocycles. The Labute approximate surface area is 106 Å². The molecule has 18 heavy (non-hydrogen) atoms. The van der Waals surface area contributed by atoms with Crippen LogP contribution in [0.1, 0.15) is 11.3 Å². The normalized spacial score (nSPS) is 10.2. The minimum absolute atomic E-state index is 0.224. The van der Waals surface area contributed by atoms with E-state index in [9.17, 15) is 4.39 Å². The molecule has 0 saturated carbocycles. The van der Waals surface area contributed by atoms with Gasteiger partial charge in [0.2, 0.25) is 0 Å². The lowest BCUT2D eigenvalue weighted by Gasteiger charge is -2.08. The molecular weight excluding hydrogens is 231 g/mol. The first kappa shape index (κ1) is 12.4. The maximum Gasteiger partial charge on any atom is 0.130 e. The fourth-order valence-corrected chi connectivity index (χ4v) is 1.58. The van der Waals surface area contributed by atoms with Crippen LogP contribution in [0, 0.1) is 12.7 Å². The molecule has 94 valence electrons. The largest absolute Gasteiger partial charge is 0.487 e. The molecule has 1 N–H and O–H groups in total. The summed E-state index contributed by atoms with van der Waals surface area (Å²) < 4.78 is 18.7. The Morgan fingerprint density at radius 2 is 2.11 bits per heavy atom. The van der Waals surface area contributed by atoms with Crippen molar-refractivity contribution in [2.24, 2.45) is 0 Å². The summed E-state index contributed by atoms with van der Waals surface area (Å²) in [5.74, 6) is 0.420. The topological polar surface area (TPSA) is 34.2 Å². The molecule has 0 amide bonds. The maximum atomic E-state index is 13.1. The zero-order chi connectivity index (χ0) is 13.0. The van der Waals surface area contributed by atoms with Crippen LogP contribution >= 0.6 is 0 Å². The predicted octanol–water partition coefficient (Wildman–Crippen LogP) is 3.15. The summed E-state index contributed by atoms with van der Waals surface area (Å²) in [6, 6.07) is 8.49. The van der Waals surface area contributed by atoms with Crippen molar-refractivity contribution >= 4 is 5.69 Å². The summed E-state index contributed by atoms with van der Waals surface area (Å²) in [7, 11) is 1.85. The molecule has 0 unspecified atom stereocenters. The van der Waals surface area contributed by atoms with Crippen molar-refractivity contribution in [2.75, 3.05) is 12.4 Å². The third-order valence-electron chi connectivity index (χ3n) is 2.62. The van der Waals surface area contributed by atoms with Crippen molar-refractivity contribution in [3.8, 4) is 5.75 Å². The highest BCUT2D eigenvalue weighted by molar-refractivity contribution is 5.42. The molecule has 3 nitrogen and oxygen atoms in total. The molecule has 0 bridgehead atoms. The summed E-state index contributed by atoms with van der Waals surface area (Å²) in [5.41, 5.74) is 2.38. The molecule has 0 fully saturated rings. The molecule has 0 aliphatic rings.